The molecule has 0 saturated carbocycles. The quantitative estimate of drug-likeness (QED) is 0.225. The van der Waals surface area contributed by atoms with Crippen LogP contribution in [0.3, 0.4) is 0 Å². The van der Waals surface area contributed by atoms with E-state index in [9.17, 15) is 0 Å². The Morgan fingerprint density at radius 2 is 0.562 bits per heavy atom. The van der Waals surface area contributed by atoms with Crippen molar-refractivity contribution in [3.8, 4) is 0 Å². The molecule has 0 saturated heterocycles. The van der Waals surface area contributed by atoms with Gasteiger partial charge in [0.05, 0.1) is 0 Å². The van der Waals surface area contributed by atoms with Crippen molar-refractivity contribution in [2.45, 2.75) is 111 Å². The summed E-state index contributed by atoms with van der Waals surface area (Å²) in [5.74, 6) is 0. The summed E-state index contributed by atoms with van der Waals surface area (Å²) in [4.78, 5) is 0. The van der Waals surface area contributed by atoms with Crippen LogP contribution in [0, 0.1) is 0 Å². The first-order valence-electron chi connectivity index (χ1n) is 11.5. The van der Waals surface area contributed by atoms with Crippen molar-refractivity contribution in [1.29, 1.82) is 0 Å². The SMILES string of the molecule is C[SiH](C)O[Si](C)(C)O[Si](C)(C)O[Si](C)(C)O[Si](C)(C)O[Si](C)(C)O[Si](C)(C)O[Si](C)(C)C. The summed E-state index contributed by atoms with van der Waals surface area (Å²) in [7, 11) is -17.3. The molecule has 15 heteroatoms. The van der Waals surface area contributed by atoms with Crippen molar-refractivity contribution >= 4 is 68.7 Å². The highest BCUT2D eigenvalue weighted by Gasteiger charge is 2.48. The van der Waals surface area contributed by atoms with E-state index in [0.29, 0.717) is 0 Å². The number of hydrogen-bond donors (Lipinski definition) is 0. The number of hydrogen-bond acceptors (Lipinski definition) is 7. The first-order chi connectivity index (χ1) is 13.7. The van der Waals surface area contributed by atoms with Crippen LogP contribution in [0.25, 0.3) is 0 Å². The normalized spacial score (nSPS) is 15.6. The van der Waals surface area contributed by atoms with Gasteiger partial charge in [-0.05, 0) is 111 Å². The smallest absolute Gasteiger partial charge is 0.314 e. The molecule has 0 rings (SSSR count). The third-order valence-corrected chi connectivity index (χ3v) is 31.8. The van der Waals surface area contributed by atoms with E-state index in [2.05, 4.69) is 111 Å². The maximum Gasteiger partial charge on any atom is 0.314 e. The molecule has 0 aromatic heterocycles. The fourth-order valence-electron chi connectivity index (χ4n) is 4.39. The number of rotatable bonds is 14. The minimum Gasteiger partial charge on any atom is -0.440 e. The van der Waals surface area contributed by atoms with Crippen LogP contribution in [0.15, 0.2) is 0 Å². The van der Waals surface area contributed by atoms with Crippen LogP contribution in [0.5, 0.6) is 0 Å². The summed E-state index contributed by atoms with van der Waals surface area (Å²) >= 11 is 0. The van der Waals surface area contributed by atoms with E-state index in [4.69, 9.17) is 28.8 Å². The van der Waals surface area contributed by atoms with Gasteiger partial charge < -0.3 is 28.8 Å². The Balaban J connectivity index is 5.22. The zero-order valence-corrected chi connectivity index (χ0v) is 32.1. The van der Waals surface area contributed by atoms with Crippen molar-refractivity contribution in [3.63, 3.8) is 0 Å². The molecule has 32 heavy (non-hydrogen) atoms. The monoisotopic (exact) mass is 592 g/mol. The maximum absolute atomic E-state index is 6.62. The molecule has 0 fully saturated rings. The lowest BCUT2D eigenvalue weighted by molar-refractivity contribution is 0.265. The Labute approximate surface area is 208 Å². The van der Waals surface area contributed by atoms with Gasteiger partial charge >= 0.3 is 51.4 Å². The fraction of sp³-hybridized carbons (Fsp3) is 1.00. The van der Waals surface area contributed by atoms with E-state index >= 15 is 0 Å². The van der Waals surface area contributed by atoms with Gasteiger partial charge in [-0.25, -0.2) is 0 Å². The van der Waals surface area contributed by atoms with Crippen LogP contribution in [-0.2, 0) is 28.8 Å². The van der Waals surface area contributed by atoms with Crippen LogP contribution in [0.2, 0.25) is 111 Å². The van der Waals surface area contributed by atoms with Gasteiger partial charge in [0.1, 0.15) is 0 Å². The highest BCUT2D eigenvalue weighted by Crippen LogP contribution is 2.28. The van der Waals surface area contributed by atoms with E-state index in [1.807, 2.05) is 0 Å². The summed E-state index contributed by atoms with van der Waals surface area (Å²) in [5, 5.41) is 0. The maximum atomic E-state index is 6.62. The Morgan fingerprint density at radius 1 is 0.344 bits per heavy atom. The molecular weight excluding hydrogens is 541 g/mol. The molecule has 0 aliphatic rings. The zero-order chi connectivity index (χ0) is 26.0. The summed E-state index contributed by atoms with van der Waals surface area (Å²) in [6, 6.07) is 0. The molecule has 0 radical (unpaired) electrons. The second-order valence-electron chi connectivity index (χ2n) is 12.3. The molecule has 0 spiro atoms. The molecule has 0 bridgehead atoms. The second kappa shape index (κ2) is 11.2. The Hall–Kier alpha value is 1.46. The molecule has 7 nitrogen and oxygen atoms in total. The van der Waals surface area contributed by atoms with Crippen molar-refractivity contribution in [1.82, 2.24) is 0 Å². The summed E-state index contributed by atoms with van der Waals surface area (Å²) < 4.78 is 45.4. The first kappa shape index (κ1) is 33.5. The van der Waals surface area contributed by atoms with Crippen LogP contribution in [0.1, 0.15) is 0 Å². The lowest BCUT2D eigenvalue weighted by atomic mass is 11.8. The average molecular weight is 593 g/mol. The highest BCUT2D eigenvalue weighted by molar-refractivity contribution is 6.91. The molecule has 0 N–H and O–H groups in total. The lowest BCUT2D eigenvalue weighted by Crippen LogP contribution is -2.61. The van der Waals surface area contributed by atoms with Gasteiger partial charge in [0.25, 0.3) is 0 Å². The van der Waals surface area contributed by atoms with Gasteiger partial charge in [-0.3, -0.25) is 0 Å². The van der Waals surface area contributed by atoms with Gasteiger partial charge in [0, 0.05) is 0 Å². The third kappa shape index (κ3) is 16.2. The fourth-order valence-corrected chi connectivity index (χ4v) is 41.8. The van der Waals surface area contributed by atoms with Crippen molar-refractivity contribution in [2.75, 3.05) is 0 Å². The van der Waals surface area contributed by atoms with Crippen LogP contribution in [0.4, 0.5) is 0 Å². The minimum absolute atomic E-state index is 1.17. The van der Waals surface area contributed by atoms with E-state index in [1.54, 1.807) is 0 Å². The molecule has 0 aromatic rings. The predicted molar refractivity (Wildman–Crippen MR) is 155 cm³/mol. The molecule has 0 aliphatic heterocycles. The summed E-state index contributed by atoms with van der Waals surface area (Å²) in [6.07, 6.45) is 0. The van der Waals surface area contributed by atoms with E-state index in [-0.39, 0.29) is 0 Å². The predicted octanol–water partition coefficient (Wildman–Crippen LogP) is 6.13. The van der Waals surface area contributed by atoms with Crippen molar-refractivity contribution < 1.29 is 28.8 Å². The Bertz CT molecular complexity index is 604. The van der Waals surface area contributed by atoms with Crippen molar-refractivity contribution in [3.05, 3.63) is 0 Å². The summed E-state index contributed by atoms with van der Waals surface area (Å²) in [6.45, 7) is 36.0. The zero-order valence-electron chi connectivity index (χ0n) is 23.9. The van der Waals surface area contributed by atoms with E-state index in [0.717, 1.165) is 0 Å². The molecule has 0 amide bonds. The van der Waals surface area contributed by atoms with Gasteiger partial charge in [-0.2, -0.15) is 0 Å². The van der Waals surface area contributed by atoms with Crippen LogP contribution >= 0.6 is 0 Å². The molecule has 0 unspecified atom stereocenters. The van der Waals surface area contributed by atoms with Crippen molar-refractivity contribution in [2.24, 2.45) is 0 Å². The third-order valence-electron chi connectivity index (χ3n) is 3.53. The topological polar surface area (TPSA) is 64.6 Å². The molecule has 0 heterocycles. The minimum atomic E-state index is -2.51. The first-order valence-corrected chi connectivity index (χ1v) is 34.6. The lowest BCUT2D eigenvalue weighted by Gasteiger charge is -2.43. The Kier molecular flexibility index (Phi) is 11.7. The Morgan fingerprint density at radius 3 is 0.781 bits per heavy atom. The standard InChI is InChI=1S/C17H52O7Si8/c1-25(2)18-27(6,7)20-29(10,11)22-31(14,15)24-32(16,17)23-30(12,13)21-28(8,9)19-26(3,4)5/h25H,1-17H3. The van der Waals surface area contributed by atoms with Gasteiger partial charge in [-0.15, -0.1) is 0 Å². The van der Waals surface area contributed by atoms with E-state index in [1.165, 1.54) is 0 Å². The molecule has 0 atom stereocenters. The molecule has 0 aliphatic carbocycles. The second-order valence-corrected chi connectivity index (χ2v) is 41.3. The summed E-state index contributed by atoms with van der Waals surface area (Å²) in [5.41, 5.74) is 0. The van der Waals surface area contributed by atoms with Crippen LogP contribution in [-0.4, -0.2) is 68.7 Å². The highest BCUT2D eigenvalue weighted by atomic mass is 28.5. The molecule has 194 valence electrons. The molecule has 0 aromatic carbocycles. The molecular formula is C17H52O7Si8. The average Bonchev–Trinajstić information content (AvgIpc) is 2.22. The van der Waals surface area contributed by atoms with Crippen LogP contribution < -0.4 is 0 Å². The van der Waals surface area contributed by atoms with Gasteiger partial charge in [-0.1, -0.05) is 0 Å². The van der Waals surface area contributed by atoms with Gasteiger partial charge in [0.15, 0.2) is 17.4 Å². The van der Waals surface area contributed by atoms with Gasteiger partial charge in [0.2, 0.25) is 0 Å². The largest absolute Gasteiger partial charge is 0.440 e. The van der Waals surface area contributed by atoms with E-state index < -0.39 is 68.7 Å².